The van der Waals surface area contributed by atoms with Crippen molar-refractivity contribution >= 4 is 17.9 Å². The molecule has 1 heterocycles. The summed E-state index contributed by atoms with van der Waals surface area (Å²) in [6.45, 7) is 0. The smallest absolute Gasteiger partial charge is 0.213 e. The van der Waals surface area contributed by atoms with Crippen LogP contribution >= 0.6 is 11.6 Å². The van der Waals surface area contributed by atoms with Gasteiger partial charge < -0.3 is 4.79 Å². The lowest BCUT2D eigenvalue weighted by molar-refractivity contribution is -0.108. The van der Waals surface area contributed by atoms with E-state index in [1.165, 1.54) is 12.3 Å². The van der Waals surface area contributed by atoms with Crippen molar-refractivity contribution in [2.45, 2.75) is 5.92 Å². The first-order chi connectivity index (χ1) is 8.20. The lowest BCUT2D eigenvalue weighted by atomic mass is 9.93. The summed E-state index contributed by atoms with van der Waals surface area (Å²) in [5, 5.41) is 0.545. The van der Waals surface area contributed by atoms with Gasteiger partial charge in [0.15, 0.2) is 0 Å². The molecular formula is C13H9ClFNO. The molecule has 0 fully saturated rings. The highest BCUT2D eigenvalue weighted by atomic mass is 35.5. The molecular weight excluding hydrogens is 241 g/mol. The van der Waals surface area contributed by atoms with E-state index in [1.54, 1.807) is 30.3 Å². The highest BCUT2D eigenvalue weighted by Gasteiger charge is 2.14. The normalized spacial score (nSPS) is 12.1. The Morgan fingerprint density at radius 2 is 2.00 bits per heavy atom. The number of hydrogen-bond donors (Lipinski definition) is 0. The van der Waals surface area contributed by atoms with Crippen LogP contribution in [0.3, 0.4) is 0 Å². The number of benzene rings is 1. The lowest BCUT2D eigenvalue weighted by Gasteiger charge is -2.11. The number of carbonyl (C=O) groups is 1. The molecule has 0 saturated heterocycles. The largest absolute Gasteiger partial charge is 0.302 e. The van der Waals surface area contributed by atoms with Crippen LogP contribution in [0.5, 0.6) is 0 Å². The quantitative estimate of drug-likeness (QED) is 0.618. The fourth-order valence-corrected chi connectivity index (χ4v) is 1.86. The van der Waals surface area contributed by atoms with E-state index >= 15 is 0 Å². The summed E-state index contributed by atoms with van der Waals surface area (Å²) in [6, 6.07) is 9.82. The van der Waals surface area contributed by atoms with Crippen LogP contribution in [0.2, 0.25) is 5.02 Å². The summed E-state index contributed by atoms with van der Waals surface area (Å²) in [5.41, 5.74) is 1.30. The molecule has 0 saturated carbocycles. The Morgan fingerprint density at radius 1 is 1.24 bits per heavy atom. The monoisotopic (exact) mass is 249 g/mol. The summed E-state index contributed by atoms with van der Waals surface area (Å²) in [5.74, 6) is -1.12. The molecule has 0 spiro atoms. The summed E-state index contributed by atoms with van der Waals surface area (Å²) >= 11 is 5.86. The average Bonchev–Trinajstić information content (AvgIpc) is 2.30. The molecule has 2 rings (SSSR count). The summed E-state index contributed by atoms with van der Waals surface area (Å²) in [6.07, 6.45) is 2.10. The fraction of sp³-hybridized carbons (Fsp3) is 0.0769. The molecule has 4 heteroatoms. The molecule has 17 heavy (non-hydrogen) atoms. The number of aldehydes is 1. The third-order valence-electron chi connectivity index (χ3n) is 2.45. The van der Waals surface area contributed by atoms with Crippen LogP contribution < -0.4 is 0 Å². The Morgan fingerprint density at radius 3 is 2.65 bits per heavy atom. The topological polar surface area (TPSA) is 30.0 Å². The van der Waals surface area contributed by atoms with Gasteiger partial charge in [-0.15, -0.1) is 0 Å². The second-order valence-electron chi connectivity index (χ2n) is 3.58. The van der Waals surface area contributed by atoms with Crippen molar-refractivity contribution in [3.63, 3.8) is 0 Å². The third kappa shape index (κ3) is 2.68. The highest BCUT2D eigenvalue weighted by Crippen LogP contribution is 2.24. The molecule has 0 aliphatic rings. The number of pyridine rings is 1. The van der Waals surface area contributed by atoms with Gasteiger partial charge in [-0.05, 0) is 35.4 Å². The van der Waals surface area contributed by atoms with Gasteiger partial charge in [0.05, 0.1) is 5.92 Å². The molecule has 0 bridgehead atoms. The SMILES string of the molecule is O=CC(c1cccc(Cl)c1)c1ccnc(F)c1. The van der Waals surface area contributed by atoms with Crippen LogP contribution in [0.25, 0.3) is 0 Å². The maximum Gasteiger partial charge on any atom is 0.213 e. The van der Waals surface area contributed by atoms with Gasteiger partial charge in [0.1, 0.15) is 6.29 Å². The van der Waals surface area contributed by atoms with Crippen molar-refractivity contribution in [3.8, 4) is 0 Å². The van der Waals surface area contributed by atoms with Crippen molar-refractivity contribution in [3.05, 3.63) is 64.7 Å². The van der Waals surface area contributed by atoms with Crippen molar-refractivity contribution in [2.24, 2.45) is 0 Å². The highest BCUT2D eigenvalue weighted by molar-refractivity contribution is 6.30. The number of nitrogens with zero attached hydrogens (tertiary/aromatic N) is 1. The number of carbonyl (C=O) groups excluding carboxylic acids is 1. The van der Waals surface area contributed by atoms with E-state index in [-0.39, 0.29) is 0 Å². The molecule has 0 aliphatic carbocycles. The van der Waals surface area contributed by atoms with Gasteiger partial charge in [-0.2, -0.15) is 4.39 Å². The molecule has 1 aromatic heterocycles. The Balaban J connectivity index is 2.43. The molecule has 0 aliphatic heterocycles. The van der Waals surface area contributed by atoms with Gasteiger partial charge in [-0.1, -0.05) is 23.7 Å². The molecule has 2 aromatic rings. The zero-order chi connectivity index (χ0) is 12.3. The molecule has 0 radical (unpaired) electrons. The van der Waals surface area contributed by atoms with Crippen molar-refractivity contribution in [2.75, 3.05) is 0 Å². The van der Waals surface area contributed by atoms with Crippen LogP contribution in [-0.4, -0.2) is 11.3 Å². The lowest BCUT2D eigenvalue weighted by Crippen LogP contribution is -2.03. The van der Waals surface area contributed by atoms with Gasteiger partial charge in [0.2, 0.25) is 5.95 Å². The van der Waals surface area contributed by atoms with E-state index in [9.17, 15) is 9.18 Å². The van der Waals surface area contributed by atoms with Crippen molar-refractivity contribution in [1.29, 1.82) is 0 Å². The molecule has 1 unspecified atom stereocenters. The zero-order valence-corrected chi connectivity index (χ0v) is 9.56. The van der Waals surface area contributed by atoms with Gasteiger partial charge in [0.25, 0.3) is 0 Å². The van der Waals surface area contributed by atoms with Gasteiger partial charge in [0, 0.05) is 11.2 Å². The van der Waals surface area contributed by atoms with E-state index in [2.05, 4.69) is 4.98 Å². The summed E-state index contributed by atoms with van der Waals surface area (Å²) in [4.78, 5) is 14.6. The van der Waals surface area contributed by atoms with Gasteiger partial charge in [-0.3, -0.25) is 0 Å². The number of hydrogen-bond acceptors (Lipinski definition) is 2. The number of halogens is 2. The third-order valence-corrected chi connectivity index (χ3v) is 2.69. The predicted molar refractivity (Wildman–Crippen MR) is 63.6 cm³/mol. The predicted octanol–water partition coefficient (Wildman–Crippen LogP) is 3.20. The zero-order valence-electron chi connectivity index (χ0n) is 8.81. The first-order valence-electron chi connectivity index (χ1n) is 5.03. The Labute approximate surface area is 103 Å². The summed E-state index contributed by atoms with van der Waals surface area (Å²) in [7, 11) is 0. The first-order valence-corrected chi connectivity index (χ1v) is 5.40. The van der Waals surface area contributed by atoms with E-state index in [1.807, 2.05) is 0 Å². The van der Waals surface area contributed by atoms with Gasteiger partial charge in [-0.25, -0.2) is 4.98 Å². The minimum absolute atomic E-state index is 0.522. The number of aromatic nitrogens is 1. The standard InChI is InChI=1S/C13H9ClFNO/c14-11-3-1-2-9(6-11)12(8-17)10-4-5-16-13(15)7-10/h1-8,12H. The summed E-state index contributed by atoms with van der Waals surface area (Å²) < 4.78 is 13.0. The van der Waals surface area contributed by atoms with Crippen LogP contribution in [-0.2, 0) is 4.79 Å². The minimum atomic E-state index is -0.601. The van der Waals surface area contributed by atoms with Gasteiger partial charge >= 0.3 is 0 Å². The fourth-order valence-electron chi connectivity index (χ4n) is 1.66. The Hall–Kier alpha value is -1.74. The van der Waals surface area contributed by atoms with Crippen molar-refractivity contribution < 1.29 is 9.18 Å². The minimum Gasteiger partial charge on any atom is -0.302 e. The molecule has 0 amide bonds. The van der Waals surface area contributed by atoms with E-state index < -0.39 is 11.9 Å². The number of rotatable bonds is 3. The van der Waals surface area contributed by atoms with E-state index in [0.717, 1.165) is 11.8 Å². The van der Waals surface area contributed by atoms with Crippen molar-refractivity contribution in [1.82, 2.24) is 4.98 Å². The van der Waals surface area contributed by atoms with Crippen LogP contribution in [0.4, 0.5) is 4.39 Å². The maximum atomic E-state index is 13.0. The van der Waals surface area contributed by atoms with Crippen LogP contribution in [0, 0.1) is 5.95 Å². The molecule has 0 N–H and O–H groups in total. The van der Waals surface area contributed by atoms with E-state index in [0.29, 0.717) is 10.6 Å². The average molecular weight is 250 g/mol. The molecule has 1 atom stereocenters. The maximum absolute atomic E-state index is 13.0. The van der Waals surface area contributed by atoms with Crippen LogP contribution in [0.15, 0.2) is 42.6 Å². The Bertz CT molecular complexity index is 499. The second-order valence-corrected chi connectivity index (χ2v) is 4.02. The van der Waals surface area contributed by atoms with Crippen LogP contribution in [0.1, 0.15) is 17.0 Å². The molecule has 1 aromatic carbocycles. The van der Waals surface area contributed by atoms with E-state index in [4.69, 9.17) is 11.6 Å². The Kier molecular flexibility index (Phi) is 3.49. The second kappa shape index (κ2) is 5.06. The molecule has 86 valence electrons. The first kappa shape index (κ1) is 11.7. The molecule has 2 nitrogen and oxygen atoms in total.